The SMILES string of the molecule is C[C@H](Sc1ccccn1)C(=O)Nc1ccc(N(C)C)cn1. The number of rotatable bonds is 5. The first-order valence-corrected chi connectivity index (χ1v) is 7.46. The first kappa shape index (κ1) is 15.3. The molecule has 5 nitrogen and oxygen atoms in total. The number of nitrogens with one attached hydrogen (secondary N) is 1. The fraction of sp³-hybridized carbons (Fsp3) is 0.267. The smallest absolute Gasteiger partial charge is 0.238 e. The number of carbonyl (C=O) groups excluding carboxylic acids is 1. The van der Waals surface area contributed by atoms with Crippen LogP contribution in [0, 0.1) is 0 Å². The molecule has 0 saturated carbocycles. The second-order valence-electron chi connectivity index (χ2n) is 4.71. The van der Waals surface area contributed by atoms with E-state index >= 15 is 0 Å². The third kappa shape index (κ3) is 4.46. The molecule has 0 aliphatic heterocycles. The van der Waals surface area contributed by atoms with Crippen LogP contribution in [0.3, 0.4) is 0 Å². The number of anilines is 2. The van der Waals surface area contributed by atoms with Crippen LogP contribution in [0.4, 0.5) is 11.5 Å². The lowest BCUT2D eigenvalue weighted by Gasteiger charge is -2.13. The Morgan fingerprint density at radius 1 is 1.24 bits per heavy atom. The minimum atomic E-state index is -0.241. The standard InChI is InChI=1S/C15H18N4OS/c1-11(21-14-6-4-5-9-16-14)15(20)18-13-8-7-12(10-17-13)19(2)3/h4-11H,1-3H3,(H,17,18,20)/t11-/m0/s1. The van der Waals surface area contributed by atoms with Crippen molar-refractivity contribution in [2.24, 2.45) is 0 Å². The highest BCUT2D eigenvalue weighted by Gasteiger charge is 2.15. The van der Waals surface area contributed by atoms with Gasteiger partial charge < -0.3 is 10.2 Å². The van der Waals surface area contributed by atoms with E-state index in [1.54, 1.807) is 18.5 Å². The van der Waals surface area contributed by atoms with Crippen molar-refractivity contribution >= 4 is 29.2 Å². The lowest BCUT2D eigenvalue weighted by molar-refractivity contribution is -0.115. The van der Waals surface area contributed by atoms with Gasteiger partial charge in [-0.3, -0.25) is 4.79 Å². The zero-order valence-electron chi connectivity index (χ0n) is 12.3. The second kappa shape index (κ2) is 7.08. The van der Waals surface area contributed by atoms with Gasteiger partial charge >= 0.3 is 0 Å². The van der Waals surface area contributed by atoms with E-state index < -0.39 is 0 Å². The molecule has 0 fully saturated rings. The van der Waals surface area contributed by atoms with E-state index in [0.29, 0.717) is 5.82 Å². The molecule has 110 valence electrons. The Balaban J connectivity index is 1.94. The molecule has 0 saturated heterocycles. The monoisotopic (exact) mass is 302 g/mol. The topological polar surface area (TPSA) is 58.1 Å². The Hall–Kier alpha value is -2.08. The highest BCUT2D eigenvalue weighted by Crippen LogP contribution is 2.21. The van der Waals surface area contributed by atoms with Crippen molar-refractivity contribution in [1.82, 2.24) is 9.97 Å². The van der Waals surface area contributed by atoms with Crippen LogP contribution in [0.2, 0.25) is 0 Å². The quantitative estimate of drug-likeness (QED) is 0.861. The number of amides is 1. The highest BCUT2D eigenvalue weighted by molar-refractivity contribution is 8.00. The van der Waals surface area contributed by atoms with E-state index in [-0.39, 0.29) is 11.2 Å². The number of hydrogen-bond acceptors (Lipinski definition) is 5. The lowest BCUT2D eigenvalue weighted by atomic mass is 10.3. The maximum absolute atomic E-state index is 12.1. The fourth-order valence-electron chi connectivity index (χ4n) is 1.60. The molecule has 0 spiro atoms. The Labute approximate surface area is 128 Å². The summed E-state index contributed by atoms with van der Waals surface area (Å²) in [5.41, 5.74) is 0.990. The van der Waals surface area contributed by atoms with E-state index in [1.165, 1.54) is 11.8 Å². The first-order valence-electron chi connectivity index (χ1n) is 6.58. The zero-order valence-corrected chi connectivity index (χ0v) is 13.1. The van der Waals surface area contributed by atoms with Crippen molar-refractivity contribution in [2.45, 2.75) is 17.2 Å². The average molecular weight is 302 g/mol. The van der Waals surface area contributed by atoms with Crippen LogP contribution in [0.25, 0.3) is 0 Å². The van der Waals surface area contributed by atoms with E-state index in [9.17, 15) is 4.79 Å². The van der Waals surface area contributed by atoms with Gasteiger partial charge in [-0.1, -0.05) is 17.8 Å². The van der Waals surface area contributed by atoms with Crippen LogP contribution in [-0.2, 0) is 4.79 Å². The van der Waals surface area contributed by atoms with Gasteiger partial charge in [-0.25, -0.2) is 9.97 Å². The summed E-state index contributed by atoms with van der Waals surface area (Å²) in [6.45, 7) is 1.85. The summed E-state index contributed by atoms with van der Waals surface area (Å²) in [6.07, 6.45) is 3.45. The largest absolute Gasteiger partial charge is 0.376 e. The van der Waals surface area contributed by atoms with Gasteiger partial charge in [0.05, 0.1) is 22.2 Å². The number of pyridine rings is 2. The van der Waals surface area contributed by atoms with Gasteiger partial charge in [0.2, 0.25) is 5.91 Å². The van der Waals surface area contributed by atoms with Crippen LogP contribution in [0.1, 0.15) is 6.92 Å². The van der Waals surface area contributed by atoms with Gasteiger partial charge in [0.1, 0.15) is 5.82 Å². The Morgan fingerprint density at radius 3 is 2.62 bits per heavy atom. The van der Waals surface area contributed by atoms with Gasteiger partial charge in [0.15, 0.2) is 0 Å². The maximum Gasteiger partial charge on any atom is 0.238 e. The number of nitrogens with zero attached hydrogens (tertiary/aromatic N) is 3. The van der Waals surface area contributed by atoms with Gasteiger partial charge in [-0.05, 0) is 31.2 Å². The van der Waals surface area contributed by atoms with E-state index in [1.807, 2.05) is 50.2 Å². The van der Waals surface area contributed by atoms with Crippen LogP contribution in [0.15, 0.2) is 47.8 Å². The molecular formula is C15H18N4OS. The third-order valence-corrected chi connectivity index (χ3v) is 3.87. The summed E-state index contributed by atoms with van der Waals surface area (Å²) in [5, 5.41) is 3.40. The summed E-state index contributed by atoms with van der Waals surface area (Å²) in [4.78, 5) is 22.5. The van der Waals surface area contributed by atoms with Crippen LogP contribution < -0.4 is 10.2 Å². The first-order chi connectivity index (χ1) is 10.1. The van der Waals surface area contributed by atoms with Crippen molar-refractivity contribution in [3.63, 3.8) is 0 Å². The molecule has 0 aliphatic carbocycles. The molecule has 0 aromatic carbocycles. The highest BCUT2D eigenvalue weighted by atomic mass is 32.2. The summed E-state index contributed by atoms with van der Waals surface area (Å²) in [6, 6.07) is 9.36. The molecule has 0 bridgehead atoms. The number of aromatic nitrogens is 2. The zero-order chi connectivity index (χ0) is 15.2. The molecule has 6 heteroatoms. The van der Waals surface area contributed by atoms with E-state index in [2.05, 4.69) is 15.3 Å². The van der Waals surface area contributed by atoms with Gasteiger partial charge in [0.25, 0.3) is 0 Å². The second-order valence-corrected chi connectivity index (χ2v) is 6.07. The minimum Gasteiger partial charge on any atom is -0.376 e. The molecule has 2 aromatic rings. The molecular weight excluding hydrogens is 284 g/mol. The predicted octanol–water partition coefficient (Wildman–Crippen LogP) is 2.66. The molecule has 21 heavy (non-hydrogen) atoms. The molecule has 2 heterocycles. The summed E-state index contributed by atoms with van der Waals surface area (Å²) < 4.78 is 0. The summed E-state index contributed by atoms with van der Waals surface area (Å²) >= 11 is 1.42. The molecule has 2 aromatic heterocycles. The molecule has 0 aliphatic rings. The lowest BCUT2D eigenvalue weighted by Crippen LogP contribution is -2.23. The van der Waals surface area contributed by atoms with E-state index in [4.69, 9.17) is 0 Å². The summed E-state index contributed by atoms with van der Waals surface area (Å²) in [7, 11) is 3.89. The normalized spacial score (nSPS) is 11.8. The van der Waals surface area contributed by atoms with Gasteiger partial charge in [-0.15, -0.1) is 0 Å². The third-order valence-electron chi connectivity index (χ3n) is 2.82. The molecule has 0 unspecified atom stereocenters. The maximum atomic E-state index is 12.1. The number of hydrogen-bond donors (Lipinski definition) is 1. The van der Waals surface area contributed by atoms with Crippen molar-refractivity contribution in [3.05, 3.63) is 42.7 Å². The predicted molar refractivity (Wildman–Crippen MR) is 86.7 cm³/mol. The molecule has 1 amide bonds. The average Bonchev–Trinajstić information content (AvgIpc) is 2.48. The Bertz CT molecular complexity index is 586. The minimum absolute atomic E-state index is 0.0873. The fourth-order valence-corrected chi connectivity index (χ4v) is 2.41. The van der Waals surface area contributed by atoms with E-state index in [0.717, 1.165) is 10.7 Å². The van der Waals surface area contributed by atoms with Gasteiger partial charge in [0, 0.05) is 20.3 Å². The molecule has 1 N–H and O–H groups in total. The van der Waals surface area contributed by atoms with Crippen LogP contribution in [-0.4, -0.2) is 35.2 Å². The Kier molecular flexibility index (Phi) is 5.16. The van der Waals surface area contributed by atoms with Crippen LogP contribution in [0.5, 0.6) is 0 Å². The summed E-state index contributed by atoms with van der Waals surface area (Å²) in [5.74, 6) is 0.467. The molecule has 2 rings (SSSR count). The van der Waals surface area contributed by atoms with Crippen LogP contribution >= 0.6 is 11.8 Å². The molecule has 0 radical (unpaired) electrons. The number of thioether (sulfide) groups is 1. The molecule has 1 atom stereocenters. The van der Waals surface area contributed by atoms with Crippen molar-refractivity contribution in [2.75, 3.05) is 24.3 Å². The van der Waals surface area contributed by atoms with Crippen molar-refractivity contribution < 1.29 is 4.79 Å². The van der Waals surface area contributed by atoms with Gasteiger partial charge in [-0.2, -0.15) is 0 Å². The Morgan fingerprint density at radius 2 is 2.05 bits per heavy atom. The van der Waals surface area contributed by atoms with Crippen molar-refractivity contribution in [1.29, 1.82) is 0 Å². The van der Waals surface area contributed by atoms with Crippen molar-refractivity contribution in [3.8, 4) is 0 Å². The number of carbonyl (C=O) groups is 1.